The summed E-state index contributed by atoms with van der Waals surface area (Å²) in [5.41, 5.74) is 6.66. The molecule has 1 aromatic carbocycles. The van der Waals surface area contributed by atoms with Gasteiger partial charge in [0.1, 0.15) is 5.82 Å². The van der Waals surface area contributed by atoms with E-state index < -0.39 is 5.54 Å². The molecule has 3 rings (SSSR count). The summed E-state index contributed by atoms with van der Waals surface area (Å²) in [7, 11) is 0. The van der Waals surface area contributed by atoms with Crippen molar-refractivity contribution in [1.29, 1.82) is 0 Å². The molecule has 0 spiro atoms. The number of amides is 2. The van der Waals surface area contributed by atoms with Crippen molar-refractivity contribution >= 4 is 24.2 Å². The number of hydrogen-bond donors (Lipinski definition) is 2. The normalized spacial score (nSPS) is 19.1. The average molecular weight is 370 g/mol. The standard InChI is InChI=1S/C18H24FN3O2.ClH/c1-12-2-3-13(10-15(12)19)11-21-16(23)14-4-8-22(9-5-14)17(24)18(20)6-7-18;/h2-3,10,14H,4-9,11,20H2,1H3,(H,21,23);1H. The van der Waals surface area contributed by atoms with Crippen molar-refractivity contribution in [2.75, 3.05) is 13.1 Å². The molecule has 2 amide bonds. The molecule has 138 valence electrons. The molecule has 0 radical (unpaired) electrons. The third-order valence-corrected chi connectivity index (χ3v) is 5.07. The number of piperidine rings is 1. The summed E-state index contributed by atoms with van der Waals surface area (Å²) < 4.78 is 13.5. The van der Waals surface area contributed by atoms with Gasteiger partial charge >= 0.3 is 0 Å². The monoisotopic (exact) mass is 369 g/mol. The van der Waals surface area contributed by atoms with Crippen LogP contribution in [0.15, 0.2) is 18.2 Å². The smallest absolute Gasteiger partial charge is 0.242 e. The first-order valence-electron chi connectivity index (χ1n) is 8.50. The van der Waals surface area contributed by atoms with Crippen LogP contribution >= 0.6 is 12.4 Å². The van der Waals surface area contributed by atoms with Crippen LogP contribution in [0.1, 0.15) is 36.8 Å². The zero-order valence-electron chi connectivity index (χ0n) is 14.4. The van der Waals surface area contributed by atoms with E-state index in [9.17, 15) is 14.0 Å². The number of rotatable bonds is 4. The Balaban J connectivity index is 0.00000225. The first-order chi connectivity index (χ1) is 11.4. The highest BCUT2D eigenvalue weighted by atomic mass is 35.5. The van der Waals surface area contributed by atoms with Gasteiger partial charge in [0, 0.05) is 25.6 Å². The second kappa shape index (κ2) is 7.70. The molecule has 2 fully saturated rings. The molecular formula is C18H25ClFN3O2. The Morgan fingerprint density at radius 2 is 1.96 bits per heavy atom. The Morgan fingerprint density at radius 3 is 2.52 bits per heavy atom. The lowest BCUT2D eigenvalue weighted by Gasteiger charge is -2.33. The Bertz CT molecular complexity index is 656. The maximum Gasteiger partial charge on any atom is 0.242 e. The average Bonchev–Trinajstić information content (AvgIpc) is 3.34. The number of carbonyl (C=O) groups excluding carboxylic acids is 2. The molecule has 1 aromatic rings. The molecule has 0 unspecified atom stereocenters. The van der Waals surface area contributed by atoms with E-state index in [-0.39, 0.29) is 36.0 Å². The maximum absolute atomic E-state index is 13.5. The second-order valence-electron chi connectivity index (χ2n) is 7.02. The molecule has 1 aliphatic carbocycles. The fraction of sp³-hybridized carbons (Fsp3) is 0.556. The highest BCUT2D eigenvalue weighted by Crippen LogP contribution is 2.35. The molecule has 1 aliphatic heterocycles. The molecule has 25 heavy (non-hydrogen) atoms. The molecule has 1 saturated carbocycles. The summed E-state index contributed by atoms with van der Waals surface area (Å²) in [6.45, 7) is 3.19. The van der Waals surface area contributed by atoms with E-state index in [1.807, 2.05) is 6.07 Å². The highest BCUT2D eigenvalue weighted by molar-refractivity contribution is 5.89. The quantitative estimate of drug-likeness (QED) is 0.851. The van der Waals surface area contributed by atoms with Crippen molar-refractivity contribution < 1.29 is 14.0 Å². The summed E-state index contributed by atoms with van der Waals surface area (Å²) in [6.07, 6.45) is 2.82. The molecule has 0 bridgehead atoms. The van der Waals surface area contributed by atoms with Gasteiger partial charge in [-0.05, 0) is 49.8 Å². The molecule has 5 nitrogen and oxygen atoms in total. The summed E-state index contributed by atoms with van der Waals surface area (Å²) in [4.78, 5) is 26.3. The third-order valence-electron chi connectivity index (χ3n) is 5.07. The van der Waals surface area contributed by atoms with Gasteiger partial charge in [-0.25, -0.2) is 4.39 Å². The van der Waals surface area contributed by atoms with Crippen LogP contribution in [-0.2, 0) is 16.1 Å². The number of aryl methyl sites for hydroxylation is 1. The van der Waals surface area contributed by atoms with Crippen LogP contribution in [-0.4, -0.2) is 35.3 Å². The molecule has 2 aliphatic rings. The second-order valence-corrected chi connectivity index (χ2v) is 7.02. The number of nitrogens with zero attached hydrogens (tertiary/aromatic N) is 1. The van der Waals surface area contributed by atoms with E-state index in [4.69, 9.17) is 5.73 Å². The predicted molar refractivity (Wildman–Crippen MR) is 95.7 cm³/mol. The van der Waals surface area contributed by atoms with E-state index in [1.165, 1.54) is 6.07 Å². The number of carbonyl (C=O) groups is 2. The lowest BCUT2D eigenvalue weighted by atomic mass is 9.95. The van der Waals surface area contributed by atoms with Gasteiger partial charge < -0.3 is 16.0 Å². The fourth-order valence-electron chi connectivity index (χ4n) is 3.09. The fourth-order valence-corrected chi connectivity index (χ4v) is 3.09. The topological polar surface area (TPSA) is 75.4 Å². The van der Waals surface area contributed by atoms with Gasteiger partial charge in [-0.3, -0.25) is 9.59 Å². The zero-order valence-corrected chi connectivity index (χ0v) is 15.2. The Labute approximate surface area is 153 Å². The Hall–Kier alpha value is -1.66. The summed E-state index contributed by atoms with van der Waals surface area (Å²) in [5, 5.41) is 2.87. The number of halogens is 2. The van der Waals surface area contributed by atoms with Crippen molar-refractivity contribution in [3.63, 3.8) is 0 Å². The van der Waals surface area contributed by atoms with Crippen molar-refractivity contribution in [1.82, 2.24) is 10.2 Å². The summed E-state index contributed by atoms with van der Waals surface area (Å²) >= 11 is 0. The van der Waals surface area contributed by atoms with Gasteiger partial charge in [0.15, 0.2) is 0 Å². The first kappa shape index (κ1) is 19.7. The Kier molecular flexibility index (Phi) is 6.06. The van der Waals surface area contributed by atoms with Crippen LogP contribution < -0.4 is 11.1 Å². The van der Waals surface area contributed by atoms with Crippen molar-refractivity contribution in [2.45, 2.75) is 44.7 Å². The minimum atomic E-state index is -0.634. The summed E-state index contributed by atoms with van der Waals surface area (Å²) in [5.74, 6) is -0.366. The molecule has 1 saturated heterocycles. The van der Waals surface area contributed by atoms with Crippen LogP contribution in [0.4, 0.5) is 4.39 Å². The molecule has 0 atom stereocenters. The van der Waals surface area contributed by atoms with Gasteiger partial charge in [0.25, 0.3) is 0 Å². The first-order valence-corrected chi connectivity index (χ1v) is 8.50. The van der Waals surface area contributed by atoms with Gasteiger partial charge in [-0.15, -0.1) is 12.4 Å². The van der Waals surface area contributed by atoms with Crippen LogP contribution in [0.2, 0.25) is 0 Å². The SMILES string of the molecule is Cc1ccc(CNC(=O)C2CCN(C(=O)C3(N)CC3)CC2)cc1F.Cl. The van der Waals surface area contributed by atoms with Crippen molar-refractivity contribution in [3.8, 4) is 0 Å². The van der Waals surface area contributed by atoms with Gasteiger partial charge in [0.05, 0.1) is 5.54 Å². The molecular weight excluding hydrogens is 345 g/mol. The third kappa shape index (κ3) is 4.50. The van der Waals surface area contributed by atoms with Gasteiger partial charge in [-0.2, -0.15) is 0 Å². The Morgan fingerprint density at radius 1 is 1.32 bits per heavy atom. The number of nitrogens with two attached hydrogens (primary N) is 1. The van der Waals surface area contributed by atoms with Crippen molar-refractivity contribution in [3.05, 3.63) is 35.1 Å². The lowest BCUT2D eigenvalue weighted by Crippen LogP contribution is -2.50. The molecule has 3 N–H and O–H groups in total. The predicted octanol–water partition coefficient (Wildman–Crippen LogP) is 1.90. The van der Waals surface area contributed by atoms with Crippen LogP contribution in [0.25, 0.3) is 0 Å². The highest BCUT2D eigenvalue weighted by Gasteiger charge is 2.48. The van der Waals surface area contributed by atoms with E-state index >= 15 is 0 Å². The number of hydrogen-bond acceptors (Lipinski definition) is 3. The minimum absolute atomic E-state index is 0. The number of likely N-dealkylation sites (tertiary alicyclic amines) is 1. The maximum atomic E-state index is 13.5. The number of benzene rings is 1. The molecule has 0 aromatic heterocycles. The van der Waals surface area contributed by atoms with Crippen LogP contribution in [0, 0.1) is 18.7 Å². The largest absolute Gasteiger partial charge is 0.352 e. The van der Waals surface area contributed by atoms with E-state index in [1.54, 1.807) is 17.9 Å². The van der Waals surface area contributed by atoms with E-state index in [2.05, 4.69) is 5.32 Å². The van der Waals surface area contributed by atoms with Gasteiger partial charge in [0.2, 0.25) is 11.8 Å². The number of nitrogens with one attached hydrogen (secondary N) is 1. The lowest BCUT2D eigenvalue weighted by molar-refractivity contribution is -0.137. The van der Waals surface area contributed by atoms with Crippen LogP contribution in [0.5, 0.6) is 0 Å². The van der Waals surface area contributed by atoms with Gasteiger partial charge in [-0.1, -0.05) is 12.1 Å². The summed E-state index contributed by atoms with van der Waals surface area (Å²) in [6, 6.07) is 4.98. The molecule has 7 heteroatoms. The van der Waals surface area contributed by atoms with E-state index in [0.717, 1.165) is 18.4 Å². The van der Waals surface area contributed by atoms with E-state index in [0.29, 0.717) is 38.0 Å². The molecule has 1 heterocycles. The zero-order chi connectivity index (χ0) is 17.3. The van der Waals surface area contributed by atoms with Crippen molar-refractivity contribution in [2.24, 2.45) is 11.7 Å². The minimum Gasteiger partial charge on any atom is -0.352 e. The van der Waals surface area contributed by atoms with Crippen LogP contribution in [0.3, 0.4) is 0 Å².